The number of benzene rings is 3. The van der Waals surface area contributed by atoms with Crippen molar-refractivity contribution in [1.29, 1.82) is 0 Å². The van der Waals surface area contributed by atoms with Gasteiger partial charge in [0.15, 0.2) is 0 Å². The third-order valence-electron chi connectivity index (χ3n) is 8.33. The summed E-state index contributed by atoms with van der Waals surface area (Å²) >= 11 is 0. The number of hydrogen-bond donors (Lipinski definition) is 1. The number of phenols is 1. The first kappa shape index (κ1) is 21.8. The van der Waals surface area contributed by atoms with E-state index >= 15 is 0 Å². The van der Waals surface area contributed by atoms with E-state index < -0.39 is 0 Å². The van der Waals surface area contributed by atoms with E-state index in [9.17, 15) is 9.50 Å². The number of piperazine rings is 1. The molecule has 3 nitrogen and oxygen atoms in total. The molecule has 1 heterocycles. The average molecular weight is 457 g/mol. The van der Waals surface area contributed by atoms with Crippen molar-refractivity contribution in [3.05, 3.63) is 100 Å². The summed E-state index contributed by atoms with van der Waals surface area (Å²) in [6.07, 6.45) is 3.28. The summed E-state index contributed by atoms with van der Waals surface area (Å²) in [5.74, 6) is 1.81. The van der Waals surface area contributed by atoms with Crippen LogP contribution in [0.4, 0.5) is 4.39 Å². The van der Waals surface area contributed by atoms with Gasteiger partial charge >= 0.3 is 0 Å². The van der Waals surface area contributed by atoms with Gasteiger partial charge in [0.05, 0.1) is 0 Å². The molecule has 0 spiro atoms. The maximum absolute atomic E-state index is 14.3. The van der Waals surface area contributed by atoms with E-state index in [0.29, 0.717) is 23.5 Å². The highest BCUT2D eigenvalue weighted by Gasteiger charge is 2.40. The Bertz CT molecular complexity index is 1150. The lowest BCUT2D eigenvalue weighted by molar-refractivity contribution is 0.113. The fraction of sp³-hybridized carbons (Fsp3) is 0.400. The highest BCUT2D eigenvalue weighted by molar-refractivity contribution is 5.46. The molecule has 0 aromatic heterocycles. The predicted octanol–water partition coefficient (Wildman–Crippen LogP) is 5.53. The van der Waals surface area contributed by atoms with Gasteiger partial charge in [-0.2, -0.15) is 0 Å². The molecule has 34 heavy (non-hydrogen) atoms. The fourth-order valence-corrected chi connectivity index (χ4v) is 6.67. The maximum atomic E-state index is 14.3. The Morgan fingerprint density at radius 2 is 1.44 bits per heavy atom. The molecule has 2 aliphatic carbocycles. The first-order valence-electron chi connectivity index (χ1n) is 12.7. The number of fused-ring (bicyclic) bond motifs is 5. The highest BCUT2D eigenvalue weighted by Crippen LogP contribution is 2.52. The third-order valence-corrected chi connectivity index (χ3v) is 8.33. The number of hydrogen-bond acceptors (Lipinski definition) is 3. The zero-order chi connectivity index (χ0) is 23.1. The monoisotopic (exact) mass is 456 g/mol. The van der Waals surface area contributed by atoms with Crippen LogP contribution in [-0.4, -0.2) is 47.6 Å². The largest absolute Gasteiger partial charge is 0.508 e. The summed E-state index contributed by atoms with van der Waals surface area (Å²) in [4.78, 5) is 5.15. The molecule has 3 aliphatic rings. The van der Waals surface area contributed by atoms with Crippen molar-refractivity contribution in [3.8, 4) is 5.75 Å². The van der Waals surface area contributed by atoms with Gasteiger partial charge in [0.25, 0.3) is 0 Å². The second kappa shape index (κ2) is 9.16. The summed E-state index contributed by atoms with van der Waals surface area (Å²) in [7, 11) is 0. The van der Waals surface area contributed by atoms with E-state index in [1.165, 1.54) is 34.2 Å². The number of aromatic hydroxyl groups is 1. The molecule has 0 radical (unpaired) electrons. The Labute approximate surface area is 201 Å². The molecule has 0 bridgehead atoms. The van der Waals surface area contributed by atoms with Gasteiger partial charge in [-0.25, -0.2) is 4.39 Å². The number of halogens is 1. The van der Waals surface area contributed by atoms with Crippen LogP contribution in [0.3, 0.4) is 0 Å². The van der Waals surface area contributed by atoms with Crippen molar-refractivity contribution < 1.29 is 9.50 Å². The van der Waals surface area contributed by atoms with Crippen molar-refractivity contribution in [2.45, 2.75) is 37.6 Å². The number of phenolic OH excluding ortho intramolecular Hbond substituents is 1. The third kappa shape index (κ3) is 4.37. The van der Waals surface area contributed by atoms with Crippen molar-refractivity contribution in [2.75, 3.05) is 32.7 Å². The zero-order valence-electron chi connectivity index (χ0n) is 19.7. The SMILES string of the molecule is Oc1ccc(CN2CCN(CC3CC4c5ccccc5Cc5ccc(F)cc5C4C3)CC2)cc1. The topological polar surface area (TPSA) is 26.7 Å². The van der Waals surface area contributed by atoms with Crippen molar-refractivity contribution >= 4 is 0 Å². The predicted molar refractivity (Wildman–Crippen MR) is 134 cm³/mol. The molecular weight excluding hydrogens is 423 g/mol. The molecule has 2 fully saturated rings. The minimum absolute atomic E-state index is 0.100. The first-order chi connectivity index (χ1) is 16.6. The van der Waals surface area contributed by atoms with Gasteiger partial charge < -0.3 is 10.0 Å². The van der Waals surface area contributed by atoms with Crippen molar-refractivity contribution in [1.82, 2.24) is 9.80 Å². The average Bonchev–Trinajstić information content (AvgIpc) is 3.21. The quantitative estimate of drug-likeness (QED) is 0.559. The summed E-state index contributed by atoms with van der Waals surface area (Å²) in [5.41, 5.74) is 6.73. The van der Waals surface area contributed by atoms with Gasteiger partial charge in [-0.15, -0.1) is 0 Å². The highest BCUT2D eigenvalue weighted by atomic mass is 19.1. The summed E-state index contributed by atoms with van der Waals surface area (Å²) in [6, 6.07) is 22.0. The smallest absolute Gasteiger partial charge is 0.123 e. The molecule has 6 rings (SSSR count). The lowest BCUT2D eigenvalue weighted by Gasteiger charge is -2.36. The standard InChI is InChI=1S/C30H33FN2O/c31-25-8-7-24-17-23-3-1-2-4-27(23)29-15-22(16-30(29)28(24)18-25)20-33-13-11-32(12-14-33)19-21-5-9-26(34)10-6-21/h1-10,18,22,29-30,34H,11-17,19-20H2. The minimum atomic E-state index is -0.100. The Hall–Kier alpha value is -2.69. The molecular formula is C30H33FN2O. The van der Waals surface area contributed by atoms with E-state index in [1.807, 2.05) is 24.3 Å². The van der Waals surface area contributed by atoms with Crippen LogP contribution in [-0.2, 0) is 13.0 Å². The number of rotatable bonds is 4. The normalized spacial score (nSPS) is 24.8. The van der Waals surface area contributed by atoms with E-state index in [4.69, 9.17) is 0 Å². The Morgan fingerprint density at radius 1 is 0.765 bits per heavy atom. The molecule has 3 atom stereocenters. The van der Waals surface area contributed by atoms with Gasteiger partial charge in [-0.1, -0.05) is 42.5 Å². The second-order valence-electron chi connectivity index (χ2n) is 10.5. The van der Waals surface area contributed by atoms with Gasteiger partial charge in [-0.05, 0) is 89.1 Å². The van der Waals surface area contributed by atoms with Crippen molar-refractivity contribution in [3.63, 3.8) is 0 Å². The first-order valence-corrected chi connectivity index (χ1v) is 12.7. The van der Waals surface area contributed by atoms with E-state index in [-0.39, 0.29) is 5.82 Å². The van der Waals surface area contributed by atoms with Gasteiger partial charge in [0.2, 0.25) is 0 Å². The molecule has 1 saturated carbocycles. The van der Waals surface area contributed by atoms with Crippen LogP contribution in [0, 0.1) is 11.7 Å². The van der Waals surface area contributed by atoms with Crippen LogP contribution in [0.5, 0.6) is 5.75 Å². The molecule has 1 saturated heterocycles. The van der Waals surface area contributed by atoms with Gasteiger partial charge in [0, 0.05) is 39.3 Å². The zero-order valence-corrected chi connectivity index (χ0v) is 19.7. The number of nitrogens with zero attached hydrogens (tertiary/aromatic N) is 2. The van der Waals surface area contributed by atoms with Crippen LogP contribution in [0.2, 0.25) is 0 Å². The molecule has 3 aromatic carbocycles. The second-order valence-corrected chi connectivity index (χ2v) is 10.5. The minimum Gasteiger partial charge on any atom is -0.508 e. The molecule has 1 N–H and O–H groups in total. The fourth-order valence-electron chi connectivity index (χ4n) is 6.67. The summed E-state index contributed by atoms with van der Waals surface area (Å²) < 4.78 is 14.3. The lowest BCUT2D eigenvalue weighted by atomic mass is 9.84. The van der Waals surface area contributed by atoms with Crippen LogP contribution in [0.25, 0.3) is 0 Å². The maximum Gasteiger partial charge on any atom is 0.123 e. The summed E-state index contributed by atoms with van der Waals surface area (Å²) in [6.45, 7) is 6.46. The van der Waals surface area contributed by atoms with Gasteiger partial charge in [0.1, 0.15) is 11.6 Å². The Kier molecular flexibility index (Phi) is 5.88. The van der Waals surface area contributed by atoms with Crippen LogP contribution in [0.15, 0.2) is 66.7 Å². The molecule has 0 amide bonds. The van der Waals surface area contributed by atoms with E-state index in [0.717, 1.165) is 52.1 Å². The Morgan fingerprint density at radius 3 is 2.24 bits per heavy atom. The lowest BCUT2D eigenvalue weighted by Crippen LogP contribution is -2.47. The van der Waals surface area contributed by atoms with E-state index in [2.05, 4.69) is 34.1 Å². The molecule has 3 unspecified atom stereocenters. The van der Waals surface area contributed by atoms with Gasteiger partial charge in [-0.3, -0.25) is 4.90 Å². The van der Waals surface area contributed by atoms with Crippen LogP contribution >= 0.6 is 0 Å². The van der Waals surface area contributed by atoms with Crippen LogP contribution in [0.1, 0.15) is 52.5 Å². The molecule has 176 valence electrons. The summed E-state index contributed by atoms with van der Waals surface area (Å²) in [5, 5.41) is 9.51. The van der Waals surface area contributed by atoms with Crippen molar-refractivity contribution in [2.24, 2.45) is 5.92 Å². The molecule has 4 heteroatoms. The van der Waals surface area contributed by atoms with E-state index in [1.54, 1.807) is 18.2 Å². The van der Waals surface area contributed by atoms with Crippen LogP contribution < -0.4 is 0 Å². The molecule has 3 aromatic rings. The molecule has 1 aliphatic heterocycles. The Balaban J connectivity index is 1.13.